The van der Waals surface area contributed by atoms with Gasteiger partial charge in [0, 0.05) is 16.3 Å². The van der Waals surface area contributed by atoms with Crippen molar-refractivity contribution in [3.63, 3.8) is 0 Å². The van der Waals surface area contributed by atoms with Gasteiger partial charge in [-0.05, 0) is 29.8 Å². The van der Waals surface area contributed by atoms with E-state index >= 15 is 0 Å². The van der Waals surface area contributed by atoms with Gasteiger partial charge in [-0.25, -0.2) is 0 Å². The Morgan fingerprint density at radius 2 is 1.77 bits per heavy atom. The van der Waals surface area contributed by atoms with Crippen LogP contribution in [-0.4, -0.2) is 5.91 Å². The predicted molar refractivity (Wildman–Crippen MR) is 86.9 cm³/mol. The fourth-order valence-electron chi connectivity index (χ4n) is 2.04. The number of furan rings is 1. The van der Waals surface area contributed by atoms with Gasteiger partial charge in [-0.2, -0.15) is 0 Å². The number of amides is 1. The second kappa shape index (κ2) is 7.00. The zero-order chi connectivity index (χ0) is 15.2. The first kappa shape index (κ1) is 14.5. The van der Waals surface area contributed by atoms with Crippen molar-refractivity contribution < 1.29 is 9.21 Å². The molecule has 0 aliphatic carbocycles. The molecule has 110 valence electrons. The summed E-state index contributed by atoms with van der Waals surface area (Å²) in [6, 6.07) is 19.9. The van der Waals surface area contributed by atoms with Crippen LogP contribution in [0.25, 0.3) is 0 Å². The molecule has 22 heavy (non-hydrogen) atoms. The highest BCUT2D eigenvalue weighted by Gasteiger charge is 2.08. The van der Waals surface area contributed by atoms with Gasteiger partial charge in [-0.3, -0.25) is 4.79 Å². The third-order valence-corrected chi connectivity index (χ3v) is 4.29. The van der Waals surface area contributed by atoms with Crippen molar-refractivity contribution in [2.24, 2.45) is 0 Å². The number of hydrogen-bond donors (Lipinski definition) is 1. The molecule has 0 radical (unpaired) electrons. The molecule has 2 aromatic carbocycles. The fourth-order valence-corrected chi connectivity index (χ4v) is 3.00. The first-order valence-electron chi connectivity index (χ1n) is 6.94. The van der Waals surface area contributed by atoms with Gasteiger partial charge in [0.25, 0.3) is 5.91 Å². The quantitative estimate of drug-likeness (QED) is 0.761. The molecule has 0 aliphatic heterocycles. The summed E-state index contributed by atoms with van der Waals surface area (Å²) >= 11 is 1.69. The molecule has 0 atom stereocenters. The van der Waals surface area contributed by atoms with E-state index in [9.17, 15) is 4.79 Å². The van der Waals surface area contributed by atoms with Crippen molar-refractivity contribution in [3.05, 3.63) is 84.3 Å². The molecule has 1 aromatic heterocycles. The van der Waals surface area contributed by atoms with Gasteiger partial charge in [0.1, 0.15) is 6.26 Å². The minimum absolute atomic E-state index is 0.131. The molecule has 0 saturated carbocycles. The maximum Gasteiger partial charge on any atom is 0.254 e. The summed E-state index contributed by atoms with van der Waals surface area (Å²) in [6.07, 6.45) is 2.94. The Labute approximate surface area is 133 Å². The first-order valence-corrected chi connectivity index (χ1v) is 7.76. The lowest BCUT2D eigenvalue weighted by Gasteiger charge is -2.10. The summed E-state index contributed by atoms with van der Waals surface area (Å²) in [5, 5.41) is 2.92. The van der Waals surface area contributed by atoms with E-state index in [-0.39, 0.29) is 5.91 Å². The topological polar surface area (TPSA) is 42.2 Å². The average Bonchev–Trinajstić information content (AvgIpc) is 3.09. The largest absolute Gasteiger partial charge is 0.472 e. The van der Waals surface area contributed by atoms with Crippen LogP contribution in [0, 0.1) is 0 Å². The van der Waals surface area contributed by atoms with Gasteiger partial charge in [0.05, 0.1) is 11.8 Å². The first-order chi connectivity index (χ1) is 10.8. The highest BCUT2D eigenvalue weighted by molar-refractivity contribution is 7.99. The molecular formula is C18H15NO2S. The molecule has 3 nitrogen and oxygen atoms in total. The minimum Gasteiger partial charge on any atom is -0.472 e. The summed E-state index contributed by atoms with van der Waals surface area (Å²) in [6.45, 7) is 0.486. The van der Waals surface area contributed by atoms with E-state index in [2.05, 4.69) is 23.5 Å². The lowest BCUT2D eigenvalue weighted by Crippen LogP contribution is -2.22. The smallest absolute Gasteiger partial charge is 0.254 e. The van der Waals surface area contributed by atoms with Crippen LogP contribution in [0.5, 0.6) is 0 Å². The summed E-state index contributed by atoms with van der Waals surface area (Å²) in [5.74, 6) is -0.131. The maximum atomic E-state index is 12.0. The lowest BCUT2D eigenvalue weighted by molar-refractivity contribution is 0.0950. The summed E-state index contributed by atoms with van der Waals surface area (Å²) in [5.41, 5.74) is 1.63. The average molecular weight is 309 g/mol. The van der Waals surface area contributed by atoms with Crippen molar-refractivity contribution in [3.8, 4) is 0 Å². The highest BCUT2D eigenvalue weighted by Crippen LogP contribution is 2.30. The Morgan fingerprint density at radius 1 is 1.00 bits per heavy atom. The third-order valence-electron chi connectivity index (χ3n) is 3.17. The van der Waals surface area contributed by atoms with Crippen LogP contribution in [0.3, 0.4) is 0 Å². The molecule has 0 aliphatic rings. The molecule has 1 N–H and O–H groups in total. The number of carbonyl (C=O) groups excluding carboxylic acids is 1. The Hall–Kier alpha value is -2.46. The Kier molecular flexibility index (Phi) is 4.61. The molecule has 0 fully saturated rings. The van der Waals surface area contributed by atoms with E-state index in [1.165, 1.54) is 17.4 Å². The number of benzene rings is 2. The second-order valence-corrected chi connectivity index (χ2v) is 5.83. The van der Waals surface area contributed by atoms with E-state index in [4.69, 9.17) is 4.42 Å². The highest BCUT2D eigenvalue weighted by atomic mass is 32.2. The van der Waals surface area contributed by atoms with E-state index in [1.807, 2.05) is 36.4 Å². The van der Waals surface area contributed by atoms with Crippen LogP contribution in [-0.2, 0) is 6.54 Å². The van der Waals surface area contributed by atoms with E-state index in [0.717, 1.165) is 10.5 Å². The Morgan fingerprint density at radius 3 is 2.55 bits per heavy atom. The molecule has 0 spiro atoms. The van der Waals surface area contributed by atoms with Crippen LogP contribution < -0.4 is 5.32 Å². The van der Waals surface area contributed by atoms with Crippen molar-refractivity contribution in [2.75, 3.05) is 0 Å². The van der Waals surface area contributed by atoms with Crippen LogP contribution in [0.2, 0.25) is 0 Å². The van der Waals surface area contributed by atoms with Gasteiger partial charge in [0.15, 0.2) is 0 Å². The van der Waals surface area contributed by atoms with E-state index < -0.39 is 0 Å². The lowest BCUT2D eigenvalue weighted by atomic mass is 10.2. The molecule has 0 unspecified atom stereocenters. The number of rotatable bonds is 5. The van der Waals surface area contributed by atoms with Gasteiger partial charge in [-0.15, -0.1) is 0 Å². The fraction of sp³-hybridized carbons (Fsp3) is 0.0556. The van der Waals surface area contributed by atoms with Crippen LogP contribution >= 0.6 is 11.8 Å². The van der Waals surface area contributed by atoms with Crippen LogP contribution in [0.1, 0.15) is 15.9 Å². The second-order valence-electron chi connectivity index (χ2n) is 4.72. The van der Waals surface area contributed by atoms with Gasteiger partial charge in [0.2, 0.25) is 0 Å². The number of hydrogen-bond acceptors (Lipinski definition) is 3. The van der Waals surface area contributed by atoms with Gasteiger partial charge >= 0.3 is 0 Å². The van der Waals surface area contributed by atoms with Gasteiger partial charge in [-0.1, -0.05) is 48.2 Å². The molecule has 0 bridgehead atoms. The molecule has 3 aromatic rings. The SMILES string of the molecule is O=C(NCc1ccccc1Sc1ccccc1)c1ccoc1. The number of nitrogens with one attached hydrogen (secondary N) is 1. The molecule has 0 saturated heterocycles. The van der Waals surface area contributed by atoms with Crippen molar-refractivity contribution in [2.45, 2.75) is 16.3 Å². The third kappa shape index (κ3) is 3.59. The maximum absolute atomic E-state index is 12.0. The van der Waals surface area contributed by atoms with E-state index in [1.54, 1.807) is 17.8 Å². The van der Waals surface area contributed by atoms with Crippen molar-refractivity contribution in [1.82, 2.24) is 5.32 Å². The van der Waals surface area contributed by atoms with Crippen LogP contribution in [0.4, 0.5) is 0 Å². The Bertz CT molecular complexity index is 739. The Balaban J connectivity index is 1.70. The van der Waals surface area contributed by atoms with E-state index in [0.29, 0.717) is 12.1 Å². The monoisotopic (exact) mass is 309 g/mol. The summed E-state index contributed by atoms with van der Waals surface area (Å²) in [7, 11) is 0. The normalized spacial score (nSPS) is 10.4. The molecule has 1 amide bonds. The van der Waals surface area contributed by atoms with Crippen molar-refractivity contribution in [1.29, 1.82) is 0 Å². The molecule has 4 heteroatoms. The zero-order valence-electron chi connectivity index (χ0n) is 11.9. The number of carbonyl (C=O) groups is 1. The summed E-state index contributed by atoms with van der Waals surface area (Å²) < 4.78 is 4.93. The standard InChI is InChI=1S/C18H15NO2S/c20-18(15-10-11-21-13-15)19-12-14-6-4-5-9-17(14)22-16-7-2-1-3-8-16/h1-11,13H,12H2,(H,19,20). The predicted octanol–water partition coefficient (Wildman–Crippen LogP) is 4.36. The molecule has 3 rings (SSSR count). The van der Waals surface area contributed by atoms with Gasteiger partial charge < -0.3 is 9.73 Å². The summed E-state index contributed by atoms with van der Waals surface area (Å²) in [4.78, 5) is 14.3. The molecular weight excluding hydrogens is 294 g/mol. The zero-order valence-corrected chi connectivity index (χ0v) is 12.7. The van der Waals surface area contributed by atoms with Crippen LogP contribution in [0.15, 0.2) is 87.4 Å². The minimum atomic E-state index is -0.131. The molecule has 1 heterocycles. The van der Waals surface area contributed by atoms with Crippen molar-refractivity contribution >= 4 is 17.7 Å².